The highest BCUT2D eigenvalue weighted by Gasteiger charge is 2.00. The molecule has 1 rings (SSSR count). The van der Waals surface area contributed by atoms with Crippen LogP contribution >= 0.6 is 0 Å². The quantitative estimate of drug-likeness (QED) is 0.626. The summed E-state index contributed by atoms with van der Waals surface area (Å²) in [5, 5.41) is 0. The largest absolute Gasteiger partial charge is 0.366 e. The number of carbonyl (C=O) groups is 1. The molecule has 17 heavy (non-hydrogen) atoms. The van der Waals surface area contributed by atoms with E-state index in [0.717, 1.165) is 31.4 Å². The number of aryl methyl sites for hydroxylation is 1. The average Bonchev–Trinajstić information content (AvgIpc) is 2.38. The van der Waals surface area contributed by atoms with Gasteiger partial charge < -0.3 is 5.73 Å². The van der Waals surface area contributed by atoms with Crippen LogP contribution in [0, 0.1) is 12.3 Å². The molecule has 0 aliphatic carbocycles. The van der Waals surface area contributed by atoms with Crippen LogP contribution in [0.3, 0.4) is 0 Å². The van der Waals surface area contributed by atoms with E-state index in [-0.39, 0.29) is 0 Å². The van der Waals surface area contributed by atoms with E-state index in [1.807, 2.05) is 19.9 Å². The molecule has 0 saturated carbocycles. The Morgan fingerprint density at radius 3 is 2.59 bits per heavy atom. The maximum Gasteiger partial charge on any atom is 0.250 e. The molecular formula is C14H20N2O. The summed E-state index contributed by atoms with van der Waals surface area (Å²) in [7, 11) is 0. The monoisotopic (exact) mass is 232 g/mol. The van der Waals surface area contributed by atoms with Crippen molar-refractivity contribution in [3.63, 3.8) is 0 Å². The van der Waals surface area contributed by atoms with Gasteiger partial charge >= 0.3 is 0 Å². The Morgan fingerprint density at radius 1 is 1.41 bits per heavy atom. The SMILES string of the molecule is C#CCCCCc1ccc(C(N)=O)cn1.CC. The van der Waals surface area contributed by atoms with Crippen molar-refractivity contribution in [3.05, 3.63) is 29.6 Å². The first-order chi connectivity index (χ1) is 8.24. The third-order valence-electron chi connectivity index (χ3n) is 2.11. The normalized spacial score (nSPS) is 8.76. The summed E-state index contributed by atoms with van der Waals surface area (Å²) < 4.78 is 0. The van der Waals surface area contributed by atoms with Crippen LogP contribution in [0.1, 0.15) is 49.2 Å². The van der Waals surface area contributed by atoms with Crippen LogP contribution in [-0.2, 0) is 6.42 Å². The van der Waals surface area contributed by atoms with Gasteiger partial charge in [0, 0.05) is 18.3 Å². The van der Waals surface area contributed by atoms with Gasteiger partial charge in [-0.3, -0.25) is 9.78 Å². The van der Waals surface area contributed by atoms with Gasteiger partial charge in [-0.1, -0.05) is 13.8 Å². The number of amides is 1. The molecular weight excluding hydrogens is 212 g/mol. The number of hydrogen-bond acceptors (Lipinski definition) is 2. The van der Waals surface area contributed by atoms with Crippen molar-refractivity contribution in [3.8, 4) is 12.3 Å². The highest BCUT2D eigenvalue weighted by atomic mass is 16.1. The zero-order valence-corrected chi connectivity index (χ0v) is 10.6. The lowest BCUT2D eigenvalue weighted by molar-refractivity contribution is 0.1000. The highest BCUT2D eigenvalue weighted by molar-refractivity contribution is 5.92. The molecule has 0 saturated heterocycles. The maximum atomic E-state index is 10.8. The molecule has 0 aromatic carbocycles. The fourth-order valence-corrected chi connectivity index (χ4v) is 1.25. The van der Waals surface area contributed by atoms with Crippen LogP contribution < -0.4 is 5.73 Å². The number of nitrogens with two attached hydrogens (primary N) is 1. The Bertz CT molecular complexity index is 363. The summed E-state index contributed by atoms with van der Waals surface area (Å²) in [4.78, 5) is 14.9. The Balaban J connectivity index is 0.00000121. The van der Waals surface area contributed by atoms with Crippen LogP contribution in [-0.4, -0.2) is 10.9 Å². The van der Waals surface area contributed by atoms with Crippen molar-refractivity contribution in [2.45, 2.75) is 39.5 Å². The third kappa shape index (κ3) is 6.36. The number of nitrogens with zero attached hydrogens (tertiary/aromatic N) is 1. The second kappa shape index (κ2) is 9.41. The Hall–Kier alpha value is -1.82. The molecule has 0 aliphatic heterocycles. The van der Waals surface area contributed by atoms with E-state index >= 15 is 0 Å². The summed E-state index contributed by atoms with van der Waals surface area (Å²) in [5.74, 6) is 2.15. The second-order valence-corrected chi connectivity index (χ2v) is 3.31. The molecule has 0 radical (unpaired) electrons. The maximum absolute atomic E-state index is 10.8. The van der Waals surface area contributed by atoms with Gasteiger partial charge in [0.05, 0.1) is 5.56 Å². The topological polar surface area (TPSA) is 56.0 Å². The van der Waals surface area contributed by atoms with Gasteiger partial charge in [0.25, 0.3) is 0 Å². The number of pyridine rings is 1. The van der Waals surface area contributed by atoms with Crippen molar-refractivity contribution >= 4 is 5.91 Å². The molecule has 0 aliphatic rings. The molecule has 3 nitrogen and oxygen atoms in total. The van der Waals surface area contributed by atoms with Crippen LogP contribution in [0.5, 0.6) is 0 Å². The number of rotatable bonds is 5. The molecule has 1 amide bonds. The molecule has 0 unspecified atom stereocenters. The molecule has 0 spiro atoms. The van der Waals surface area contributed by atoms with Crippen LogP contribution in [0.25, 0.3) is 0 Å². The van der Waals surface area contributed by atoms with E-state index in [9.17, 15) is 4.79 Å². The number of terminal acetylenes is 1. The molecule has 2 N–H and O–H groups in total. The van der Waals surface area contributed by atoms with Gasteiger partial charge in [-0.2, -0.15) is 0 Å². The van der Waals surface area contributed by atoms with Crippen molar-refractivity contribution in [2.75, 3.05) is 0 Å². The van der Waals surface area contributed by atoms with Gasteiger partial charge in [-0.05, 0) is 31.4 Å². The molecule has 0 fully saturated rings. The first kappa shape index (κ1) is 15.2. The minimum absolute atomic E-state index is 0.443. The second-order valence-electron chi connectivity index (χ2n) is 3.31. The molecule has 1 heterocycles. The molecule has 0 atom stereocenters. The number of primary amides is 1. The molecule has 0 bridgehead atoms. The highest BCUT2D eigenvalue weighted by Crippen LogP contribution is 2.05. The van der Waals surface area contributed by atoms with Crippen LogP contribution in [0.2, 0.25) is 0 Å². The predicted molar refractivity (Wildman–Crippen MR) is 70.5 cm³/mol. The van der Waals surface area contributed by atoms with Crippen molar-refractivity contribution in [1.29, 1.82) is 0 Å². The van der Waals surface area contributed by atoms with Gasteiger partial charge in [-0.25, -0.2) is 0 Å². The van der Waals surface area contributed by atoms with Gasteiger partial charge in [-0.15, -0.1) is 12.3 Å². The Morgan fingerprint density at radius 2 is 2.12 bits per heavy atom. The number of unbranched alkanes of at least 4 members (excludes halogenated alkanes) is 2. The van der Waals surface area contributed by atoms with Gasteiger partial charge in [0.1, 0.15) is 0 Å². The van der Waals surface area contributed by atoms with E-state index in [4.69, 9.17) is 12.2 Å². The zero-order chi connectivity index (χ0) is 13.1. The third-order valence-corrected chi connectivity index (χ3v) is 2.11. The van der Waals surface area contributed by atoms with Gasteiger partial charge in [0.15, 0.2) is 0 Å². The van der Waals surface area contributed by atoms with Crippen LogP contribution in [0.15, 0.2) is 18.3 Å². The number of aromatic nitrogens is 1. The molecule has 1 aromatic heterocycles. The Kier molecular flexibility index (Phi) is 8.40. The lowest BCUT2D eigenvalue weighted by Gasteiger charge is -2.00. The zero-order valence-electron chi connectivity index (χ0n) is 10.6. The fourth-order valence-electron chi connectivity index (χ4n) is 1.25. The fraction of sp³-hybridized carbons (Fsp3) is 0.429. The molecule has 92 valence electrons. The van der Waals surface area contributed by atoms with E-state index in [1.165, 1.54) is 6.20 Å². The van der Waals surface area contributed by atoms with Crippen molar-refractivity contribution in [2.24, 2.45) is 5.73 Å². The Labute approximate surface area is 103 Å². The standard InChI is InChI=1S/C12H14N2O.C2H6/c1-2-3-4-5-6-11-8-7-10(9-14-11)12(13)15;1-2/h1,7-9H,3-6H2,(H2,13,15);1-2H3. The smallest absolute Gasteiger partial charge is 0.250 e. The van der Waals surface area contributed by atoms with Crippen molar-refractivity contribution in [1.82, 2.24) is 4.98 Å². The average molecular weight is 232 g/mol. The summed E-state index contributed by atoms with van der Waals surface area (Å²) >= 11 is 0. The first-order valence-corrected chi connectivity index (χ1v) is 5.92. The summed E-state index contributed by atoms with van der Waals surface area (Å²) in [6.07, 6.45) is 10.4. The van der Waals surface area contributed by atoms with Crippen molar-refractivity contribution < 1.29 is 4.79 Å². The summed E-state index contributed by atoms with van der Waals surface area (Å²) in [6, 6.07) is 3.53. The van der Waals surface area contributed by atoms with E-state index < -0.39 is 5.91 Å². The minimum Gasteiger partial charge on any atom is -0.366 e. The van der Waals surface area contributed by atoms with E-state index in [0.29, 0.717) is 5.56 Å². The van der Waals surface area contributed by atoms with Gasteiger partial charge in [0.2, 0.25) is 5.91 Å². The van der Waals surface area contributed by atoms with E-state index in [1.54, 1.807) is 6.07 Å². The predicted octanol–water partition coefficient (Wildman–Crippen LogP) is 2.55. The molecule has 1 aromatic rings. The first-order valence-electron chi connectivity index (χ1n) is 5.92. The number of carbonyl (C=O) groups excluding carboxylic acids is 1. The summed E-state index contributed by atoms with van der Waals surface area (Å²) in [6.45, 7) is 4.00. The lowest BCUT2D eigenvalue weighted by Crippen LogP contribution is -2.11. The van der Waals surface area contributed by atoms with E-state index in [2.05, 4.69) is 10.9 Å². The van der Waals surface area contributed by atoms with Crippen LogP contribution in [0.4, 0.5) is 0 Å². The number of hydrogen-bond donors (Lipinski definition) is 1. The minimum atomic E-state index is -0.443. The summed E-state index contributed by atoms with van der Waals surface area (Å²) in [5.41, 5.74) is 6.52. The lowest BCUT2D eigenvalue weighted by atomic mass is 10.1. The molecule has 3 heteroatoms.